The summed E-state index contributed by atoms with van der Waals surface area (Å²) < 4.78 is 49.9. The second-order valence-electron chi connectivity index (χ2n) is 9.21. The molecule has 37 heavy (non-hydrogen) atoms. The van der Waals surface area contributed by atoms with E-state index in [0.717, 1.165) is 16.8 Å². The highest BCUT2D eigenvalue weighted by Crippen LogP contribution is 2.39. The molecule has 1 aromatic carbocycles. The Hall–Kier alpha value is -3.20. The summed E-state index contributed by atoms with van der Waals surface area (Å²) >= 11 is 6.42. The lowest BCUT2D eigenvalue weighted by Crippen LogP contribution is -2.52. The van der Waals surface area contributed by atoms with Gasteiger partial charge in [0.15, 0.2) is 6.56 Å². The number of amides is 1. The molecule has 7 nitrogen and oxygen atoms in total. The smallest absolute Gasteiger partial charge is 0.257 e. The minimum atomic E-state index is -2.75. The van der Waals surface area contributed by atoms with E-state index in [4.69, 9.17) is 19.1 Å². The van der Waals surface area contributed by atoms with Gasteiger partial charge in [-0.15, -0.1) is 0 Å². The zero-order chi connectivity index (χ0) is 28.0. The maximum absolute atomic E-state index is 14.3. The topological polar surface area (TPSA) is 70.6 Å². The van der Waals surface area contributed by atoms with Crippen molar-refractivity contribution in [2.45, 2.75) is 33.6 Å². The molecule has 1 aromatic heterocycles. The third-order valence-corrected chi connectivity index (χ3v) is 6.99. The third kappa shape index (κ3) is 5.71. The number of alkyl halides is 2. The molecular weight excluding hydrogens is 500 g/mol. The van der Waals surface area contributed by atoms with Crippen LogP contribution in [0, 0.1) is 11.8 Å². The van der Waals surface area contributed by atoms with Crippen molar-refractivity contribution in [3.05, 3.63) is 64.3 Å². The van der Waals surface area contributed by atoms with Crippen molar-refractivity contribution in [1.29, 1.82) is 0 Å². The number of carbonyl (C=O) groups is 1. The van der Waals surface area contributed by atoms with Gasteiger partial charge in [-0.1, -0.05) is 45.5 Å². The SMILES string of the molecule is C.[2H]C([2H])(OC1=Cc2cc(Cc3nc(N4C[C@@H](C)C(F)(F)[C@@H](C)C4)ncc3Cl)ccc2N(C)C1=C)C(=O)NC. The van der Waals surface area contributed by atoms with Gasteiger partial charge in [0.2, 0.25) is 5.95 Å². The van der Waals surface area contributed by atoms with Gasteiger partial charge in [0.1, 0.15) is 5.76 Å². The number of benzene rings is 1. The number of rotatable bonds is 6. The van der Waals surface area contributed by atoms with Gasteiger partial charge < -0.3 is 19.9 Å². The molecule has 1 amide bonds. The average molecular weight is 536 g/mol. The molecule has 1 N–H and O–H groups in total. The second-order valence-corrected chi connectivity index (χ2v) is 9.62. The van der Waals surface area contributed by atoms with Gasteiger partial charge in [0.25, 0.3) is 11.8 Å². The van der Waals surface area contributed by atoms with E-state index in [-0.39, 0.29) is 26.3 Å². The highest BCUT2D eigenvalue weighted by atomic mass is 35.5. The van der Waals surface area contributed by atoms with Crippen LogP contribution in [0.15, 0.2) is 42.4 Å². The Kier molecular flexibility index (Phi) is 7.60. The van der Waals surface area contributed by atoms with Crippen molar-refractivity contribution in [3.63, 3.8) is 0 Å². The summed E-state index contributed by atoms with van der Waals surface area (Å²) in [5.74, 6) is -4.84. The van der Waals surface area contributed by atoms with Crippen molar-refractivity contribution in [2.75, 3.05) is 43.5 Å². The van der Waals surface area contributed by atoms with Gasteiger partial charge in [0, 0.05) is 56.7 Å². The number of likely N-dealkylation sites (N-methyl/N-ethyl adjacent to an activating group) is 2. The van der Waals surface area contributed by atoms with Crippen molar-refractivity contribution in [2.24, 2.45) is 11.8 Å². The highest BCUT2D eigenvalue weighted by molar-refractivity contribution is 6.31. The van der Waals surface area contributed by atoms with E-state index in [0.29, 0.717) is 28.8 Å². The summed E-state index contributed by atoms with van der Waals surface area (Å²) in [6.45, 7) is 4.73. The van der Waals surface area contributed by atoms with Gasteiger partial charge in [-0.25, -0.2) is 18.7 Å². The molecule has 2 aromatic rings. The number of hydrogen-bond acceptors (Lipinski definition) is 6. The van der Waals surface area contributed by atoms with Crippen LogP contribution in [0.25, 0.3) is 6.08 Å². The number of hydrogen-bond donors (Lipinski definition) is 1. The fourth-order valence-corrected chi connectivity index (χ4v) is 4.56. The van der Waals surface area contributed by atoms with Gasteiger partial charge in [-0.2, -0.15) is 0 Å². The lowest BCUT2D eigenvalue weighted by atomic mass is 9.87. The number of piperidine rings is 1. The van der Waals surface area contributed by atoms with Crippen molar-refractivity contribution in [1.82, 2.24) is 15.3 Å². The molecule has 1 fully saturated rings. The number of ether oxygens (including phenoxy) is 1. The minimum absolute atomic E-state index is 0. The van der Waals surface area contributed by atoms with E-state index in [1.165, 1.54) is 27.1 Å². The predicted molar refractivity (Wildman–Crippen MR) is 144 cm³/mol. The molecule has 3 heterocycles. The number of anilines is 2. The molecule has 2 atom stereocenters. The first-order valence-corrected chi connectivity index (χ1v) is 12.0. The summed E-state index contributed by atoms with van der Waals surface area (Å²) in [6.07, 6.45) is 3.47. The fourth-order valence-electron chi connectivity index (χ4n) is 4.40. The van der Waals surface area contributed by atoms with Crippen LogP contribution in [0.3, 0.4) is 0 Å². The van der Waals surface area contributed by atoms with Crippen LogP contribution in [0.1, 0.15) is 40.8 Å². The average Bonchev–Trinajstić information content (AvgIpc) is 2.86. The largest absolute Gasteiger partial charge is 0.482 e. The Bertz CT molecular complexity index is 1290. The zero-order valence-corrected chi connectivity index (χ0v) is 21.4. The summed E-state index contributed by atoms with van der Waals surface area (Å²) in [6, 6.07) is 5.69. The molecule has 2 aliphatic rings. The first kappa shape index (κ1) is 25.4. The van der Waals surface area contributed by atoms with Gasteiger partial charge >= 0.3 is 0 Å². The van der Waals surface area contributed by atoms with Gasteiger partial charge in [0.05, 0.1) is 25.4 Å². The minimum Gasteiger partial charge on any atom is -0.482 e. The van der Waals surface area contributed by atoms with E-state index in [1.807, 2.05) is 18.2 Å². The van der Waals surface area contributed by atoms with E-state index in [9.17, 15) is 13.6 Å². The van der Waals surface area contributed by atoms with Crippen molar-refractivity contribution < 1.29 is 21.1 Å². The summed E-state index contributed by atoms with van der Waals surface area (Å²) in [4.78, 5) is 24.3. The first-order chi connectivity index (χ1) is 17.7. The standard InChI is InChI=1S/C26H30ClF2N5O2.CH4/c1-15-12-34(13-16(2)26(15,28)29)25-31-11-20(27)21(32-25)9-18-6-7-22-19(8-18)10-23(17(3)33(22)5)36-14-24(35)30-4;/h6-8,10-11,15-16H,3,9,12-14H2,1-2,4-5H3,(H,30,35);1H4/t15-,16+;/i14D2;. The van der Waals surface area contributed by atoms with E-state index >= 15 is 0 Å². The van der Waals surface area contributed by atoms with Crippen LogP contribution in [-0.4, -0.2) is 55.5 Å². The monoisotopic (exact) mass is 535 g/mol. The molecule has 0 unspecified atom stereocenters. The van der Waals surface area contributed by atoms with Gasteiger partial charge in [-0.05, 0) is 23.8 Å². The zero-order valence-electron chi connectivity index (χ0n) is 22.6. The molecule has 0 bridgehead atoms. The lowest BCUT2D eigenvalue weighted by Gasteiger charge is -2.41. The number of carbonyl (C=O) groups excluding carboxylic acids is 1. The Balaban J connectivity index is 0.00000420. The molecule has 200 valence electrons. The van der Waals surface area contributed by atoms with Crippen LogP contribution >= 0.6 is 11.6 Å². The van der Waals surface area contributed by atoms with E-state index < -0.39 is 30.2 Å². The Morgan fingerprint density at radius 1 is 1.35 bits per heavy atom. The number of fused-ring (bicyclic) bond motifs is 1. The summed E-state index contributed by atoms with van der Waals surface area (Å²) in [5.41, 5.74) is 3.36. The van der Waals surface area contributed by atoms with Gasteiger partial charge in [-0.3, -0.25) is 4.79 Å². The molecule has 0 saturated carbocycles. The lowest BCUT2D eigenvalue weighted by molar-refractivity contribution is -0.123. The molecule has 2 aliphatic heterocycles. The Morgan fingerprint density at radius 3 is 2.68 bits per heavy atom. The molecule has 4 rings (SSSR count). The maximum atomic E-state index is 14.3. The highest BCUT2D eigenvalue weighted by Gasteiger charge is 2.47. The molecule has 10 heteroatoms. The number of nitrogens with zero attached hydrogens (tertiary/aromatic N) is 4. The van der Waals surface area contributed by atoms with Crippen molar-refractivity contribution >= 4 is 35.2 Å². The number of halogens is 3. The number of nitrogens with one attached hydrogen (secondary N) is 1. The predicted octanol–water partition coefficient (Wildman–Crippen LogP) is 5.15. The number of aromatic nitrogens is 2. The summed E-state index contributed by atoms with van der Waals surface area (Å²) in [5, 5.41) is 2.60. The van der Waals surface area contributed by atoms with Crippen LogP contribution < -0.4 is 15.1 Å². The fraction of sp³-hybridized carbons (Fsp3) is 0.444. The quantitative estimate of drug-likeness (QED) is 0.551. The normalized spacial score (nSPS) is 21.7. The molecule has 0 spiro atoms. The molecule has 0 radical (unpaired) electrons. The first-order valence-electron chi connectivity index (χ1n) is 12.6. The Morgan fingerprint density at radius 2 is 2.03 bits per heavy atom. The van der Waals surface area contributed by atoms with E-state index in [1.54, 1.807) is 22.9 Å². The summed E-state index contributed by atoms with van der Waals surface area (Å²) in [7, 11) is 3.09. The molecule has 1 saturated heterocycles. The third-order valence-electron chi connectivity index (χ3n) is 6.67. The maximum Gasteiger partial charge on any atom is 0.257 e. The Labute approximate surface area is 225 Å². The van der Waals surface area contributed by atoms with Crippen molar-refractivity contribution in [3.8, 4) is 0 Å². The molecule has 0 aliphatic carbocycles. The van der Waals surface area contributed by atoms with Crippen LogP contribution in [0.5, 0.6) is 0 Å². The molecular formula is C27H34ClF2N5O2. The second kappa shape index (κ2) is 11.0. The van der Waals surface area contributed by atoms with Crippen LogP contribution in [-0.2, 0) is 16.0 Å². The van der Waals surface area contributed by atoms with E-state index in [2.05, 4.69) is 21.9 Å². The van der Waals surface area contributed by atoms with Crippen LogP contribution in [0.4, 0.5) is 20.4 Å². The van der Waals surface area contributed by atoms with Crippen LogP contribution in [0.2, 0.25) is 5.02 Å².